The van der Waals surface area contributed by atoms with Gasteiger partial charge in [0, 0.05) is 29.5 Å². The highest BCUT2D eigenvalue weighted by Crippen LogP contribution is 2.19. The van der Waals surface area contributed by atoms with E-state index in [1.165, 1.54) is 24.3 Å². The van der Waals surface area contributed by atoms with Gasteiger partial charge in [-0.25, -0.2) is 9.80 Å². The molecule has 33 heavy (non-hydrogen) atoms. The Hall–Kier alpha value is -4.01. The third-order valence-corrected chi connectivity index (χ3v) is 4.89. The number of hydrogen-bond donors (Lipinski definition) is 2. The number of carbonyl (C=O) groups excluding carboxylic acids is 5. The largest absolute Gasteiger partial charge is 0.454 e. The van der Waals surface area contributed by atoms with Crippen LogP contribution in [-0.4, -0.2) is 36.1 Å². The highest BCUT2D eigenvalue weighted by molar-refractivity contribution is 6.02. The van der Waals surface area contributed by atoms with Crippen LogP contribution in [0.5, 0.6) is 0 Å². The van der Waals surface area contributed by atoms with Gasteiger partial charge in [-0.2, -0.15) is 0 Å². The van der Waals surface area contributed by atoms with E-state index in [0.717, 1.165) is 5.01 Å². The molecule has 172 valence electrons. The average molecular weight is 451 g/mol. The number of carbonyl (C=O) groups is 5. The molecule has 0 atom stereocenters. The molecule has 0 unspecified atom stereocenters. The Balaban J connectivity index is 1.55. The number of anilines is 2. The zero-order valence-electron chi connectivity index (χ0n) is 18.6. The van der Waals surface area contributed by atoms with Crippen LogP contribution in [0.15, 0.2) is 48.5 Å². The van der Waals surface area contributed by atoms with Crippen molar-refractivity contribution in [2.75, 3.05) is 16.9 Å². The van der Waals surface area contributed by atoms with Gasteiger partial charge in [0.05, 0.1) is 11.3 Å². The second-order valence-corrected chi connectivity index (χ2v) is 8.59. The minimum atomic E-state index is -0.696. The first-order valence-electron chi connectivity index (χ1n) is 10.4. The molecule has 2 N–H and O–H groups in total. The summed E-state index contributed by atoms with van der Waals surface area (Å²) < 4.78 is 5.10. The predicted octanol–water partition coefficient (Wildman–Crippen LogP) is 2.87. The van der Waals surface area contributed by atoms with Crippen molar-refractivity contribution in [2.45, 2.75) is 33.6 Å². The molecule has 0 saturated carbocycles. The zero-order valence-corrected chi connectivity index (χ0v) is 18.6. The fourth-order valence-corrected chi connectivity index (χ4v) is 2.89. The molecule has 0 radical (unpaired) electrons. The Morgan fingerprint density at radius 1 is 0.939 bits per heavy atom. The molecule has 1 aliphatic rings. The van der Waals surface area contributed by atoms with Crippen molar-refractivity contribution in [2.24, 2.45) is 5.41 Å². The number of rotatable bonds is 6. The fourth-order valence-electron chi connectivity index (χ4n) is 2.89. The van der Waals surface area contributed by atoms with Gasteiger partial charge in [0.1, 0.15) is 0 Å². The Morgan fingerprint density at radius 2 is 1.55 bits per heavy atom. The number of hydrazine groups is 1. The summed E-state index contributed by atoms with van der Waals surface area (Å²) in [7, 11) is 0. The molecule has 0 aromatic heterocycles. The van der Waals surface area contributed by atoms with E-state index in [9.17, 15) is 24.0 Å². The number of benzene rings is 2. The Kier molecular flexibility index (Phi) is 6.91. The molecular weight excluding hydrogens is 426 g/mol. The summed E-state index contributed by atoms with van der Waals surface area (Å²) in [6, 6.07) is 12.2. The Morgan fingerprint density at radius 3 is 2.15 bits per heavy atom. The lowest BCUT2D eigenvalue weighted by Gasteiger charge is -2.27. The molecule has 2 aromatic rings. The monoisotopic (exact) mass is 451 g/mol. The average Bonchev–Trinajstić information content (AvgIpc) is 2.79. The number of nitrogens with zero attached hydrogens (tertiary/aromatic N) is 1. The van der Waals surface area contributed by atoms with Gasteiger partial charge in [0.15, 0.2) is 12.4 Å². The van der Waals surface area contributed by atoms with Gasteiger partial charge in [-0.1, -0.05) is 20.8 Å². The number of nitrogens with one attached hydrogen (secondary N) is 2. The molecule has 2 aromatic carbocycles. The van der Waals surface area contributed by atoms with Crippen LogP contribution in [0.1, 0.15) is 54.3 Å². The Bertz CT molecular complexity index is 1080. The number of hydrogen-bond acceptors (Lipinski definition) is 6. The SMILES string of the molecule is CC(C)(C)C(=O)Nc1ccc(C(=O)COC(=O)c2ccc(N3NC(=O)CCC3=O)cc2)cc1. The van der Waals surface area contributed by atoms with E-state index in [4.69, 9.17) is 4.74 Å². The molecule has 1 fully saturated rings. The van der Waals surface area contributed by atoms with E-state index in [-0.39, 0.29) is 36.1 Å². The first-order chi connectivity index (χ1) is 15.5. The summed E-state index contributed by atoms with van der Waals surface area (Å²) in [4.78, 5) is 60.1. The molecule has 0 spiro atoms. The number of amides is 3. The summed E-state index contributed by atoms with van der Waals surface area (Å²) in [5, 5.41) is 3.91. The lowest BCUT2D eigenvalue weighted by Crippen LogP contribution is -2.50. The van der Waals surface area contributed by atoms with Crippen LogP contribution in [-0.2, 0) is 19.1 Å². The quantitative estimate of drug-likeness (QED) is 0.514. The maximum atomic E-state index is 12.4. The zero-order chi connectivity index (χ0) is 24.2. The molecule has 0 bridgehead atoms. The van der Waals surface area contributed by atoms with E-state index in [2.05, 4.69) is 10.7 Å². The number of ether oxygens (including phenoxy) is 1. The van der Waals surface area contributed by atoms with Crippen LogP contribution < -0.4 is 15.8 Å². The lowest BCUT2D eigenvalue weighted by molar-refractivity contribution is -0.130. The van der Waals surface area contributed by atoms with E-state index in [1.807, 2.05) is 0 Å². The van der Waals surface area contributed by atoms with Gasteiger partial charge in [0.2, 0.25) is 17.7 Å². The summed E-state index contributed by atoms with van der Waals surface area (Å²) >= 11 is 0. The van der Waals surface area contributed by atoms with Gasteiger partial charge in [-0.15, -0.1) is 0 Å². The van der Waals surface area contributed by atoms with E-state index in [1.54, 1.807) is 45.0 Å². The van der Waals surface area contributed by atoms with Crippen molar-refractivity contribution in [3.63, 3.8) is 0 Å². The van der Waals surface area contributed by atoms with E-state index in [0.29, 0.717) is 16.9 Å². The third-order valence-electron chi connectivity index (χ3n) is 4.89. The maximum Gasteiger partial charge on any atom is 0.338 e. The van der Waals surface area contributed by atoms with Crippen LogP contribution in [0.4, 0.5) is 11.4 Å². The lowest BCUT2D eigenvalue weighted by atomic mass is 9.95. The van der Waals surface area contributed by atoms with Crippen LogP contribution in [0.2, 0.25) is 0 Å². The molecule has 1 heterocycles. The molecule has 3 amide bonds. The van der Waals surface area contributed by atoms with E-state index < -0.39 is 23.8 Å². The first-order valence-corrected chi connectivity index (χ1v) is 10.4. The van der Waals surface area contributed by atoms with Gasteiger partial charge >= 0.3 is 5.97 Å². The molecule has 1 saturated heterocycles. The topological polar surface area (TPSA) is 122 Å². The van der Waals surface area contributed by atoms with Crippen LogP contribution in [0, 0.1) is 5.41 Å². The normalized spacial score (nSPS) is 13.8. The highest BCUT2D eigenvalue weighted by Gasteiger charge is 2.24. The minimum Gasteiger partial charge on any atom is -0.454 e. The number of esters is 1. The number of ketones is 1. The van der Waals surface area contributed by atoms with Gasteiger partial charge in [-0.05, 0) is 48.5 Å². The van der Waals surface area contributed by atoms with Crippen molar-refractivity contribution in [1.29, 1.82) is 0 Å². The highest BCUT2D eigenvalue weighted by atomic mass is 16.5. The maximum absolute atomic E-state index is 12.4. The van der Waals surface area contributed by atoms with Crippen molar-refractivity contribution in [1.82, 2.24) is 5.43 Å². The summed E-state index contributed by atoms with van der Waals surface area (Å²) in [5.74, 6) is -1.75. The summed E-state index contributed by atoms with van der Waals surface area (Å²) in [6.45, 7) is 4.95. The molecule has 9 heteroatoms. The van der Waals surface area contributed by atoms with Crippen molar-refractivity contribution < 1.29 is 28.7 Å². The molecule has 3 rings (SSSR count). The fraction of sp³-hybridized carbons (Fsp3) is 0.292. The van der Waals surface area contributed by atoms with Gasteiger partial charge in [-0.3, -0.25) is 24.6 Å². The van der Waals surface area contributed by atoms with Crippen molar-refractivity contribution in [3.8, 4) is 0 Å². The summed E-state index contributed by atoms with van der Waals surface area (Å²) in [6.07, 6.45) is 0.254. The Labute approximate surface area is 191 Å². The van der Waals surface area contributed by atoms with Crippen molar-refractivity contribution in [3.05, 3.63) is 59.7 Å². The van der Waals surface area contributed by atoms with Crippen LogP contribution in [0.25, 0.3) is 0 Å². The third kappa shape index (κ3) is 6.03. The van der Waals surface area contributed by atoms with Gasteiger partial charge < -0.3 is 10.1 Å². The van der Waals surface area contributed by atoms with Gasteiger partial charge in [0.25, 0.3) is 0 Å². The molecule has 1 aliphatic heterocycles. The predicted molar refractivity (Wildman–Crippen MR) is 120 cm³/mol. The standard InChI is InChI=1S/C24H25N3O6/c1-24(2,3)23(32)25-17-8-4-15(5-9-17)19(28)14-33-22(31)16-6-10-18(11-7-16)27-21(30)13-12-20(29)26-27/h4-11H,12-14H2,1-3H3,(H,25,32)(H,26,29). The van der Waals surface area contributed by atoms with Crippen LogP contribution in [0.3, 0.4) is 0 Å². The molecule has 9 nitrogen and oxygen atoms in total. The van der Waals surface area contributed by atoms with E-state index >= 15 is 0 Å². The second-order valence-electron chi connectivity index (χ2n) is 8.59. The minimum absolute atomic E-state index is 0.113. The number of Topliss-reactive ketones (excluding diaryl/α,β-unsaturated/α-hetero) is 1. The smallest absolute Gasteiger partial charge is 0.338 e. The van der Waals surface area contributed by atoms with Crippen LogP contribution >= 0.6 is 0 Å². The summed E-state index contributed by atoms with van der Waals surface area (Å²) in [5.41, 5.74) is 3.44. The molecular formula is C24H25N3O6. The second kappa shape index (κ2) is 9.64. The first kappa shape index (κ1) is 23.6. The molecule has 0 aliphatic carbocycles. The van der Waals surface area contributed by atoms with Crippen molar-refractivity contribution >= 4 is 40.8 Å².